The van der Waals surface area contributed by atoms with Crippen LogP contribution < -0.4 is 5.32 Å². The minimum Gasteiger partial charge on any atom is -0.403 e. The highest BCUT2D eigenvalue weighted by Gasteiger charge is 2.22. The SMILES string of the molecule is CCS(=O)(=O)c1ccccc1C(=O)Nc1nnc(-c2ccncc2)o1. The number of rotatable bonds is 5. The van der Waals surface area contributed by atoms with Gasteiger partial charge in [-0.1, -0.05) is 24.2 Å². The van der Waals surface area contributed by atoms with Crippen LogP contribution in [-0.4, -0.2) is 35.3 Å². The Balaban J connectivity index is 1.86. The zero-order chi connectivity index (χ0) is 17.9. The zero-order valence-electron chi connectivity index (χ0n) is 13.2. The molecule has 3 aromatic rings. The first-order valence-corrected chi connectivity index (χ1v) is 9.03. The van der Waals surface area contributed by atoms with Crippen LogP contribution in [0, 0.1) is 0 Å². The van der Waals surface area contributed by atoms with E-state index in [1.807, 2.05) is 0 Å². The lowest BCUT2D eigenvalue weighted by Gasteiger charge is -2.07. The molecule has 0 aliphatic rings. The minimum absolute atomic E-state index is 0.0213. The molecule has 0 unspecified atom stereocenters. The van der Waals surface area contributed by atoms with Crippen molar-refractivity contribution in [1.82, 2.24) is 15.2 Å². The van der Waals surface area contributed by atoms with Crippen molar-refractivity contribution in [2.24, 2.45) is 0 Å². The minimum atomic E-state index is -3.54. The Morgan fingerprint density at radius 3 is 2.56 bits per heavy atom. The van der Waals surface area contributed by atoms with Crippen molar-refractivity contribution in [2.75, 3.05) is 11.1 Å². The summed E-state index contributed by atoms with van der Waals surface area (Å²) in [5.74, 6) is -0.533. The highest BCUT2D eigenvalue weighted by Crippen LogP contribution is 2.21. The van der Waals surface area contributed by atoms with E-state index in [1.165, 1.54) is 19.1 Å². The highest BCUT2D eigenvalue weighted by atomic mass is 32.2. The van der Waals surface area contributed by atoms with Crippen LogP contribution in [0.5, 0.6) is 0 Å². The summed E-state index contributed by atoms with van der Waals surface area (Å²) in [6, 6.07) is 9.21. The molecule has 0 spiro atoms. The van der Waals surface area contributed by atoms with E-state index in [2.05, 4.69) is 20.5 Å². The van der Waals surface area contributed by atoms with Crippen molar-refractivity contribution in [3.05, 3.63) is 54.4 Å². The lowest BCUT2D eigenvalue weighted by molar-refractivity contribution is 0.102. The van der Waals surface area contributed by atoms with Crippen molar-refractivity contribution in [1.29, 1.82) is 0 Å². The van der Waals surface area contributed by atoms with Gasteiger partial charge in [0, 0.05) is 18.0 Å². The first-order chi connectivity index (χ1) is 12.0. The molecule has 0 saturated carbocycles. The van der Waals surface area contributed by atoms with E-state index in [1.54, 1.807) is 36.7 Å². The Kier molecular flexibility index (Phi) is 4.57. The second-order valence-corrected chi connectivity index (χ2v) is 7.25. The van der Waals surface area contributed by atoms with Crippen molar-refractivity contribution in [3.8, 4) is 11.5 Å². The molecule has 1 N–H and O–H groups in total. The maximum atomic E-state index is 12.4. The van der Waals surface area contributed by atoms with Crippen LogP contribution >= 0.6 is 0 Å². The van der Waals surface area contributed by atoms with E-state index in [-0.39, 0.29) is 28.1 Å². The van der Waals surface area contributed by atoms with Crippen LogP contribution in [0.15, 0.2) is 58.1 Å². The quantitative estimate of drug-likeness (QED) is 0.743. The normalized spacial score (nSPS) is 11.2. The molecule has 128 valence electrons. The lowest BCUT2D eigenvalue weighted by atomic mass is 10.2. The molecule has 0 aliphatic heterocycles. The third kappa shape index (κ3) is 3.56. The van der Waals surface area contributed by atoms with Crippen molar-refractivity contribution >= 4 is 21.8 Å². The summed E-state index contributed by atoms with van der Waals surface area (Å²) in [6.45, 7) is 1.52. The number of nitrogens with zero attached hydrogens (tertiary/aromatic N) is 3. The zero-order valence-corrected chi connectivity index (χ0v) is 14.0. The van der Waals surface area contributed by atoms with Gasteiger partial charge in [0.2, 0.25) is 5.89 Å². The fourth-order valence-electron chi connectivity index (χ4n) is 2.13. The molecule has 8 nitrogen and oxygen atoms in total. The second-order valence-electron chi connectivity index (χ2n) is 5.00. The maximum absolute atomic E-state index is 12.4. The molecule has 0 saturated heterocycles. The fraction of sp³-hybridized carbons (Fsp3) is 0.125. The molecule has 25 heavy (non-hydrogen) atoms. The number of sulfone groups is 1. The number of hydrogen-bond acceptors (Lipinski definition) is 7. The van der Waals surface area contributed by atoms with Crippen molar-refractivity contribution < 1.29 is 17.6 Å². The van der Waals surface area contributed by atoms with E-state index in [0.717, 1.165) is 0 Å². The van der Waals surface area contributed by atoms with Gasteiger partial charge in [-0.15, -0.1) is 5.10 Å². The third-order valence-corrected chi connectivity index (χ3v) is 5.21. The average molecular weight is 358 g/mol. The van der Waals surface area contributed by atoms with Crippen LogP contribution in [0.4, 0.5) is 6.01 Å². The van der Waals surface area contributed by atoms with E-state index in [9.17, 15) is 13.2 Å². The van der Waals surface area contributed by atoms with Gasteiger partial charge in [-0.2, -0.15) is 0 Å². The number of pyridine rings is 1. The fourth-order valence-corrected chi connectivity index (χ4v) is 3.22. The van der Waals surface area contributed by atoms with Crippen LogP contribution in [-0.2, 0) is 9.84 Å². The van der Waals surface area contributed by atoms with Crippen LogP contribution in [0.25, 0.3) is 11.5 Å². The molecule has 0 atom stereocenters. The Bertz CT molecular complexity index is 1000. The number of anilines is 1. The van der Waals surface area contributed by atoms with E-state index < -0.39 is 15.7 Å². The number of aromatic nitrogens is 3. The monoisotopic (exact) mass is 358 g/mol. The molecule has 0 bridgehead atoms. The Morgan fingerprint density at radius 1 is 1.12 bits per heavy atom. The van der Waals surface area contributed by atoms with Gasteiger partial charge >= 0.3 is 6.01 Å². The number of carbonyl (C=O) groups is 1. The molecule has 0 radical (unpaired) electrons. The molecule has 0 fully saturated rings. The summed E-state index contributed by atoms with van der Waals surface area (Å²) in [7, 11) is -3.54. The second kappa shape index (κ2) is 6.81. The van der Waals surface area contributed by atoms with Gasteiger partial charge in [-0.3, -0.25) is 15.1 Å². The molecule has 9 heteroatoms. The largest absolute Gasteiger partial charge is 0.403 e. The lowest BCUT2D eigenvalue weighted by Crippen LogP contribution is -2.17. The summed E-state index contributed by atoms with van der Waals surface area (Å²) < 4.78 is 29.6. The summed E-state index contributed by atoms with van der Waals surface area (Å²) in [5, 5.41) is 10.0. The van der Waals surface area contributed by atoms with E-state index in [0.29, 0.717) is 5.56 Å². The summed E-state index contributed by atoms with van der Waals surface area (Å²) in [6.07, 6.45) is 3.15. The first kappa shape index (κ1) is 16.8. The molecule has 1 amide bonds. The molecular weight excluding hydrogens is 344 g/mol. The van der Waals surface area contributed by atoms with Crippen LogP contribution in [0.3, 0.4) is 0 Å². The average Bonchev–Trinajstić information content (AvgIpc) is 3.11. The Labute approximate surface area is 143 Å². The Morgan fingerprint density at radius 2 is 1.84 bits per heavy atom. The molecular formula is C16H14N4O4S. The molecule has 3 rings (SSSR count). The van der Waals surface area contributed by atoms with E-state index in [4.69, 9.17) is 4.42 Å². The van der Waals surface area contributed by atoms with Gasteiger partial charge in [0.05, 0.1) is 16.2 Å². The van der Waals surface area contributed by atoms with Crippen molar-refractivity contribution in [2.45, 2.75) is 11.8 Å². The van der Waals surface area contributed by atoms with Crippen LogP contribution in [0.1, 0.15) is 17.3 Å². The smallest absolute Gasteiger partial charge is 0.322 e. The Hall–Kier alpha value is -3.07. The van der Waals surface area contributed by atoms with E-state index >= 15 is 0 Å². The maximum Gasteiger partial charge on any atom is 0.322 e. The predicted molar refractivity (Wildman–Crippen MR) is 89.7 cm³/mol. The molecule has 2 heterocycles. The third-order valence-electron chi connectivity index (χ3n) is 3.42. The van der Waals surface area contributed by atoms with Gasteiger partial charge in [-0.25, -0.2) is 8.42 Å². The summed E-state index contributed by atoms with van der Waals surface area (Å²) >= 11 is 0. The molecule has 0 aliphatic carbocycles. The first-order valence-electron chi connectivity index (χ1n) is 7.38. The molecule has 2 aromatic heterocycles. The predicted octanol–water partition coefficient (Wildman–Crippen LogP) is 2.18. The number of carbonyl (C=O) groups excluding carboxylic acids is 1. The van der Waals surface area contributed by atoms with Gasteiger partial charge in [0.15, 0.2) is 9.84 Å². The molecule has 1 aromatic carbocycles. The topological polar surface area (TPSA) is 115 Å². The van der Waals surface area contributed by atoms with Crippen LogP contribution in [0.2, 0.25) is 0 Å². The summed E-state index contributed by atoms with van der Waals surface area (Å²) in [4.78, 5) is 16.3. The highest BCUT2D eigenvalue weighted by molar-refractivity contribution is 7.91. The number of amides is 1. The number of benzene rings is 1. The van der Waals surface area contributed by atoms with Gasteiger partial charge in [0.25, 0.3) is 5.91 Å². The summed E-state index contributed by atoms with van der Waals surface area (Å²) in [5.41, 5.74) is 0.671. The number of nitrogens with one attached hydrogen (secondary N) is 1. The standard InChI is InChI=1S/C16H14N4O4S/c1-2-25(22,23)13-6-4-3-5-12(13)14(21)18-16-20-19-15(24-16)11-7-9-17-10-8-11/h3-10H,2H2,1H3,(H,18,20,21). The number of hydrogen-bond donors (Lipinski definition) is 1. The van der Waals surface area contributed by atoms with Gasteiger partial charge in [0.1, 0.15) is 0 Å². The van der Waals surface area contributed by atoms with Gasteiger partial charge < -0.3 is 4.42 Å². The van der Waals surface area contributed by atoms with Gasteiger partial charge in [-0.05, 0) is 24.3 Å². The van der Waals surface area contributed by atoms with Crippen molar-refractivity contribution in [3.63, 3.8) is 0 Å².